The molecule has 0 aliphatic heterocycles. The van der Waals surface area contributed by atoms with Gasteiger partial charge < -0.3 is 5.11 Å². The second kappa shape index (κ2) is 12.3. The lowest BCUT2D eigenvalue weighted by molar-refractivity contribution is 0.0697. The molecular formula is C42H40FNO2. The van der Waals surface area contributed by atoms with E-state index in [2.05, 4.69) is 73.4 Å². The van der Waals surface area contributed by atoms with Crippen LogP contribution >= 0.6 is 0 Å². The number of carboxylic acids is 1. The third-order valence-corrected chi connectivity index (χ3v) is 10.4. The standard InChI is InChI=1S/C32H33F.C10H7NO2/c1-32(2)20-30-23(13-15-28-27-11-7-6-10-22(27)12-14-29(28)30)19-31(32)25-16-24(17-26(33)18-25)21-8-4-3-5-9-21;12-10(13)8-3-4-9-7(6-8)2-1-5-11-9/h6-7,10-18,21,31H,3-5,8-9,19-20H2,1-2H3;1-6H,(H,12,13). The highest BCUT2D eigenvalue weighted by Gasteiger charge is 2.37. The van der Waals surface area contributed by atoms with Gasteiger partial charge in [-0.3, -0.25) is 4.98 Å². The molecule has 5 aromatic carbocycles. The predicted octanol–water partition coefficient (Wildman–Crippen LogP) is 11.0. The zero-order valence-electron chi connectivity index (χ0n) is 26.6. The van der Waals surface area contributed by atoms with Gasteiger partial charge in [-0.2, -0.15) is 0 Å². The number of rotatable bonds is 3. The van der Waals surface area contributed by atoms with Crippen LogP contribution in [0.15, 0.2) is 103 Å². The largest absolute Gasteiger partial charge is 0.478 e. The quantitative estimate of drug-likeness (QED) is 0.203. The molecule has 0 spiro atoms. The maximum absolute atomic E-state index is 14.8. The number of hydrogen-bond acceptors (Lipinski definition) is 2. The molecule has 2 aliphatic carbocycles. The Hall–Kier alpha value is -4.57. The fourth-order valence-corrected chi connectivity index (χ4v) is 7.96. The number of aromatic carboxylic acids is 1. The molecule has 8 rings (SSSR count). The van der Waals surface area contributed by atoms with Crippen LogP contribution in [0.2, 0.25) is 0 Å². The van der Waals surface area contributed by atoms with Crippen molar-refractivity contribution >= 4 is 38.4 Å². The van der Waals surface area contributed by atoms with Gasteiger partial charge in [-0.15, -0.1) is 0 Å². The average molecular weight is 610 g/mol. The van der Waals surface area contributed by atoms with Crippen LogP contribution in [0, 0.1) is 11.2 Å². The van der Waals surface area contributed by atoms with Gasteiger partial charge in [0, 0.05) is 11.6 Å². The summed E-state index contributed by atoms with van der Waals surface area (Å²) >= 11 is 0. The van der Waals surface area contributed by atoms with E-state index in [4.69, 9.17) is 5.11 Å². The fraction of sp³-hybridized carbons (Fsp3) is 0.286. The van der Waals surface area contributed by atoms with Gasteiger partial charge in [0.1, 0.15) is 5.82 Å². The molecule has 6 aromatic rings. The Bertz CT molecular complexity index is 2070. The first-order chi connectivity index (χ1) is 22.3. The normalized spacial score (nSPS) is 17.8. The van der Waals surface area contributed by atoms with E-state index in [1.807, 2.05) is 18.2 Å². The van der Waals surface area contributed by atoms with Crippen LogP contribution in [0.3, 0.4) is 0 Å². The van der Waals surface area contributed by atoms with Crippen molar-refractivity contribution in [3.63, 3.8) is 0 Å². The van der Waals surface area contributed by atoms with Crippen molar-refractivity contribution in [2.24, 2.45) is 5.41 Å². The van der Waals surface area contributed by atoms with Gasteiger partial charge in [0.15, 0.2) is 0 Å². The van der Waals surface area contributed by atoms with Gasteiger partial charge in [-0.25, -0.2) is 9.18 Å². The molecule has 4 heteroatoms. The average Bonchev–Trinajstić information content (AvgIpc) is 3.07. The Morgan fingerprint density at radius 3 is 2.37 bits per heavy atom. The summed E-state index contributed by atoms with van der Waals surface area (Å²) in [6.45, 7) is 4.76. The second-order valence-electron chi connectivity index (χ2n) is 13.9. The Labute approximate surface area is 270 Å². The predicted molar refractivity (Wildman–Crippen MR) is 186 cm³/mol. The van der Waals surface area contributed by atoms with Crippen LogP contribution in [-0.2, 0) is 12.8 Å². The zero-order chi connectivity index (χ0) is 31.8. The molecular weight excluding hydrogens is 569 g/mol. The van der Waals surface area contributed by atoms with Crippen LogP contribution in [0.5, 0.6) is 0 Å². The lowest BCUT2D eigenvalue weighted by atomic mass is 9.63. The van der Waals surface area contributed by atoms with Crippen molar-refractivity contribution in [2.75, 3.05) is 0 Å². The molecule has 1 N–H and O–H groups in total. The molecule has 2 aliphatic rings. The Morgan fingerprint density at radius 2 is 1.54 bits per heavy atom. The number of carbonyl (C=O) groups is 1. The minimum Gasteiger partial charge on any atom is -0.478 e. The van der Waals surface area contributed by atoms with Crippen LogP contribution in [-0.4, -0.2) is 16.1 Å². The van der Waals surface area contributed by atoms with Crippen molar-refractivity contribution in [1.29, 1.82) is 0 Å². The fourth-order valence-electron chi connectivity index (χ4n) is 7.96. The first-order valence-electron chi connectivity index (χ1n) is 16.6. The topological polar surface area (TPSA) is 50.2 Å². The summed E-state index contributed by atoms with van der Waals surface area (Å²) in [5.41, 5.74) is 6.54. The van der Waals surface area contributed by atoms with Crippen molar-refractivity contribution in [3.8, 4) is 0 Å². The number of benzene rings is 5. The van der Waals surface area contributed by atoms with Gasteiger partial charge >= 0.3 is 5.97 Å². The number of carboxylic acid groups (broad SMARTS) is 1. The first kappa shape index (κ1) is 30.1. The summed E-state index contributed by atoms with van der Waals surface area (Å²) in [7, 11) is 0. The lowest BCUT2D eigenvalue weighted by Crippen LogP contribution is -2.31. The first-order valence-corrected chi connectivity index (χ1v) is 16.6. The molecule has 0 amide bonds. The molecule has 0 saturated heterocycles. The van der Waals surface area contributed by atoms with Crippen LogP contribution in [0.25, 0.3) is 32.4 Å². The van der Waals surface area contributed by atoms with Gasteiger partial charge in [0.05, 0.1) is 11.1 Å². The third kappa shape index (κ3) is 5.89. The monoisotopic (exact) mass is 609 g/mol. The highest BCUT2D eigenvalue weighted by atomic mass is 19.1. The summed E-state index contributed by atoms with van der Waals surface area (Å²) in [5, 5.41) is 14.9. The summed E-state index contributed by atoms with van der Waals surface area (Å²) < 4.78 is 14.8. The molecule has 1 aromatic heterocycles. The number of pyridine rings is 1. The van der Waals surface area contributed by atoms with Crippen LogP contribution in [0.4, 0.5) is 4.39 Å². The smallest absolute Gasteiger partial charge is 0.335 e. The van der Waals surface area contributed by atoms with Crippen molar-refractivity contribution in [1.82, 2.24) is 4.98 Å². The van der Waals surface area contributed by atoms with Crippen molar-refractivity contribution in [2.45, 2.75) is 70.6 Å². The molecule has 0 radical (unpaired) electrons. The second-order valence-corrected chi connectivity index (χ2v) is 13.9. The van der Waals surface area contributed by atoms with Gasteiger partial charge in [0.2, 0.25) is 0 Å². The third-order valence-electron chi connectivity index (χ3n) is 10.4. The molecule has 1 fully saturated rings. The molecule has 46 heavy (non-hydrogen) atoms. The maximum atomic E-state index is 14.8. The summed E-state index contributed by atoms with van der Waals surface area (Å²) in [6, 6.07) is 32.4. The van der Waals surface area contributed by atoms with Crippen LogP contribution in [0.1, 0.15) is 90.4 Å². The lowest BCUT2D eigenvalue weighted by Gasteiger charge is -2.41. The molecule has 1 atom stereocenters. The van der Waals surface area contributed by atoms with E-state index < -0.39 is 5.97 Å². The number of hydrogen-bond donors (Lipinski definition) is 1. The minimum absolute atomic E-state index is 0.0559. The Balaban J connectivity index is 0.000000218. The van der Waals surface area contributed by atoms with Gasteiger partial charge in [0.25, 0.3) is 0 Å². The molecule has 1 saturated carbocycles. The number of halogens is 1. The van der Waals surface area contributed by atoms with E-state index >= 15 is 0 Å². The van der Waals surface area contributed by atoms with Crippen molar-refractivity contribution in [3.05, 3.63) is 137 Å². The SMILES string of the molecule is CC1(C)Cc2c(ccc3c2ccc2ccccc23)CC1c1cc(F)cc(C2CCCCC2)c1.O=C(O)c1ccc2ncccc2c1. The van der Waals surface area contributed by atoms with Gasteiger partial charge in [-0.1, -0.05) is 93.8 Å². The summed E-state index contributed by atoms with van der Waals surface area (Å²) in [4.78, 5) is 14.7. The number of aromatic nitrogens is 1. The van der Waals surface area contributed by atoms with E-state index in [0.29, 0.717) is 17.4 Å². The molecule has 0 bridgehead atoms. The van der Waals surface area contributed by atoms with Gasteiger partial charge in [-0.05, 0) is 123 Å². The molecule has 3 nitrogen and oxygen atoms in total. The number of nitrogens with zero attached hydrogens (tertiary/aromatic N) is 1. The highest BCUT2D eigenvalue weighted by molar-refractivity contribution is 6.08. The highest BCUT2D eigenvalue weighted by Crippen LogP contribution is 2.48. The minimum atomic E-state index is -0.911. The summed E-state index contributed by atoms with van der Waals surface area (Å²) in [5.74, 6) is -0.101. The molecule has 1 unspecified atom stereocenters. The maximum Gasteiger partial charge on any atom is 0.335 e. The number of fused-ring (bicyclic) bond motifs is 6. The zero-order valence-corrected chi connectivity index (χ0v) is 26.6. The van der Waals surface area contributed by atoms with Crippen LogP contribution < -0.4 is 0 Å². The summed E-state index contributed by atoms with van der Waals surface area (Å²) in [6.07, 6.45) is 9.99. The van der Waals surface area contributed by atoms with E-state index in [0.717, 1.165) is 23.7 Å². The Kier molecular flexibility index (Phi) is 8.06. The van der Waals surface area contributed by atoms with E-state index in [1.54, 1.807) is 30.5 Å². The van der Waals surface area contributed by atoms with E-state index in [9.17, 15) is 9.18 Å². The molecule has 1 heterocycles. The Morgan fingerprint density at radius 1 is 0.783 bits per heavy atom. The van der Waals surface area contributed by atoms with E-state index in [1.165, 1.54) is 75.9 Å². The van der Waals surface area contributed by atoms with Crippen molar-refractivity contribution < 1.29 is 14.3 Å². The molecule has 232 valence electrons. The van der Waals surface area contributed by atoms with E-state index in [-0.39, 0.29) is 11.2 Å².